The van der Waals surface area contributed by atoms with Gasteiger partial charge in [0.2, 0.25) is 59.1 Å². The lowest BCUT2D eigenvalue weighted by atomic mass is 9.96. The van der Waals surface area contributed by atoms with Crippen molar-refractivity contribution in [1.82, 2.24) is 58.5 Å². The van der Waals surface area contributed by atoms with E-state index >= 15 is 0 Å². The minimum Gasteiger partial charge on any atom is -0.394 e. The SMILES string of the molecule is CC[C@@H](C)[C@@H]1NC(=O)[C@@H](CC(C)C)NC(=O)[C@H](CCN)NC(=O)[C@@H](NC(=O)[C@@H](CO)NC(=O)[C@@H](NC(=O)[C@H](CCN)NC(=O)c2ccc(-c3ccccc3)cc2)[C@H](C)O)CCNC(=O)[C@H](CC(C)C)NC(=O)[C@H](CCN)NC(=O)[C@H](CCN)NC1=O. The molecule has 0 spiro atoms. The van der Waals surface area contributed by atoms with Crippen molar-refractivity contribution < 1.29 is 63.0 Å². The van der Waals surface area contributed by atoms with Crippen molar-refractivity contribution >= 4 is 65.0 Å². The third kappa shape index (κ3) is 23.3. The fourth-order valence-corrected chi connectivity index (χ4v) is 9.26. The molecule has 11 amide bonds. The van der Waals surface area contributed by atoms with Crippen LogP contribution in [0.15, 0.2) is 54.6 Å². The summed E-state index contributed by atoms with van der Waals surface area (Å²) in [6.07, 6.45) is -2.08. The molecule has 0 aromatic heterocycles. The third-order valence-corrected chi connectivity index (χ3v) is 14.3. The van der Waals surface area contributed by atoms with E-state index in [0.29, 0.717) is 6.42 Å². The van der Waals surface area contributed by atoms with Gasteiger partial charge >= 0.3 is 0 Å². The largest absolute Gasteiger partial charge is 0.394 e. The van der Waals surface area contributed by atoms with Crippen LogP contribution in [-0.4, -0.2) is 181 Å². The zero-order valence-corrected chi connectivity index (χ0v) is 50.4. The molecule has 28 heteroatoms. The van der Waals surface area contributed by atoms with Crippen LogP contribution >= 0.6 is 0 Å². The number of amides is 11. The van der Waals surface area contributed by atoms with Crippen molar-refractivity contribution in [2.75, 3.05) is 39.3 Å². The lowest BCUT2D eigenvalue weighted by molar-refractivity contribution is -0.137. The van der Waals surface area contributed by atoms with Gasteiger partial charge < -0.3 is 91.6 Å². The normalized spacial score (nSPS) is 22.4. The number of carbonyl (C=O) groups excluding carboxylic acids is 11. The van der Waals surface area contributed by atoms with Gasteiger partial charge in [-0.3, -0.25) is 52.7 Å². The van der Waals surface area contributed by atoms with Gasteiger partial charge in [-0.1, -0.05) is 90.4 Å². The third-order valence-electron chi connectivity index (χ3n) is 14.3. The van der Waals surface area contributed by atoms with Crippen molar-refractivity contribution in [3.63, 3.8) is 0 Å². The van der Waals surface area contributed by atoms with Gasteiger partial charge in [0.25, 0.3) is 5.91 Å². The van der Waals surface area contributed by atoms with Crippen molar-refractivity contribution in [2.45, 2.75) is 166 Å². The van der Waals surface area contributed by atoms with Crippen LogP contribution in [0.5, 0.6) is 0 Å². The molecule has 1 aliphatic heterocycles. The van der Waals surface area contributed by atoms with E-state index in [0.717, 1.165) is 18.1 Å². The van der Waals surface area contributed by atoms with Gasteiger partial charge in [0.05, 0.1) is 12.7 Å². The smallest absolute Gasteiger partial charge is 0.251 e. The maximum Gasteiger partial charge on any atom is 0.251 e. The highest BCUT2D eigenvalue weighted by Gasteiger charge is 2.38. The zero-order chi connectivity index (χ0) is 64.2. The minimum absolute atomic E-state index is 0.0399. The molecule has 2 aromatic rings. The number of carbonyl (C=O) groups is 11. The Balaban J connectivity index is 2.01. The molecule has 86 heavy (non-hydrogen) atoms. The standard InChI is InChI=1S/C58H93N15O13/c1-8-33(6)46-57(85)68-40(20-25-61)50(78)65-38(18-23-59)51(79)69-43(28-31(2)3)49(77)63-27-22-42(53(81)66-39(19-24-60)52(80)70-44(29-32(4)5)55(83)72-46)67-56(84)45(30-74)71-58(86)47(34(7)75)73-54(82)41(21-26-62)64-48(76)37-16-14-36(15-17-37)35-12-10-9-11-13-35/h9-17,31-34,38-47,74-75H,8,18-30,59-62H2,1-7H3,(H,63,77)(H,64,76)(H,65,78)(H,66,81)(H,67,84)(H,68,85)(H,69,79)(H,70,80)(H,71,86)(H,72,83)(H,73,82)/t33-,34+,38+,39+,40+,41+,42+,43+,44-,45-,46+,47+/m1/s1. The molecular formula is C58H93N15O13. The van der Waals surface area contributed by atoms with Crippen molar-refractivity contribution in [3.05, 3.63) is 60.2 Å². The fraction of sp³-hybridized carbons (Fsp3) is 0.603. The van der Waals surface area contributed by atoms with E-state index in [-0.39, 0.29) is 82.1 Å². The Hall–Kier alpha value is -7.63. The van der Waals surface area contributed by atoms with Gasteiger partial charge in [0, 0.05) is 12.1 Å². The molecule has 0 aliphatic carbocycles. The van der Waals surface area contributed by atoms with E-state index in [1.54, 1.807) is 65.8 Å². The Kier molecular flexibility index (Phi) is 31.3. The maximum absolute atomic E-state index is 14.5. The molecule has 1 fully saturated rings. The summed E-state index contributed by atoms with van der Waals surface area (Å²) in [5.41, 5.74) is 25.5. The Bertz CT molecular complexity index is 2580. The number of hydrogen-bond donors (Lipinski definition) is 17. The van der Waals surface area contributed by atoms with E-state index in [9.17, 15) is 63.0 Å². The fourth-order valence-electron chi connectivity index (χ4n) is 9.26. The van der Waals surface area contributed by atoms with Crippen LogP contribution in [0.1, 0.15) is 110 Å². The highest BCUT2D eigenvalue weighted by molar-refractivity contribution is 6.01. The Morgan fingerprint density at radius 3 is 1.50 bits per heavy atom. The highest BCUT2D eigenvalue weighted by atomic mass is 16.3. The van der Waals surface area contributed by atoms with E-state index in [1.165, 1.54) is 0 Å². The number of aliphatic hydroxyl groups is 2. The molecule has 1 aliphatic rings. The summed E-state index contributed by atoms with van der Waals surface area (Å²) < 4.78 is 0. The van der Waals surface area contributed by atoms with Crippen molar-refractivity contribution in [3.8, 4) is 11.1 Å². The van der Waals surface area contributed by atoms with Crippen LogP contribution in [0.4, 0.5) is 0 Å². The van der Waals surface area contributed by atoms with Gasteiger partial charge in [-0.2, -0.15) is 0 Å². The molecule has 28 nitrogen and oxygen atoms in total. The first-order chi connectivity index (χ1) is 40.8. The van der Waals surface area contributed by atoms with Gasteiger partial charge in [0.15, 0.2) is 0 Å². The number of aliphatic hydroxyl groups excluding tert-OH is 2. The molecule has 0 radical (unpaired) electrons. The van der Waals surface area contributed by atoms with Gasteiger partial charge in [0.1, 0.15) is 60.4 Å². The molecule has 12 atom stereocenters. The second kappa shape index (κ2) is 37.0. The summed E-state index contributed by atoms with van der Waals surface area (Å²) >= 11 is 0. The first-order valence-electron chi connectivity index (χ1n) is 29.4. The molecule has 1 heterocycles. The average molecular weight is 1210 g/mol. The molecule has 1 saturated heterocycles. The molecular weight excluding hydrogens is 1110 g/mol. The maximum atomic E-state index is 14.5. The molecule has 0 unspecified atom stereocenters. The predicted molar refractivity (Wildman–Crippen MR) is 320 cm³/mol. The number of benzene rings is 2. The number of nitrogens with two attached hydrogens (primary N) is 4. The minimum atomic E-state index is -1.88. The molecule has 2 aromatic carbocycles. The van der Waals surface area contributed by atoms with Crippen LogP contribution < -0.4 is 81.4 Å². The quantitative estimate of drug-likeness (QED) is 0.0454. The first kappa shape index (κ1) is 72.6. The topological polar surface area (TPSA) is 465 Å². The lowest BCUT2D eigenvalue weighted by Gasteiger charge is -2.30. The van der Waals surface area contributed by atoms with Gasteiger partial charge in [-0.15, -0.1) is 0 Å². The monoisotopic (exact) mass is 1210 g/mol. The van der Waals surface area contributed by atoms with Crippen LogP contribution in [-0.2, 0) is 47.9 Å². The first-order valence-corrected chi connectivity index (χ1v) is 29.4. The highest BCUT2D eigenvalue weighted by Crippen LogP contribution is 2.20. The van der Waals surface area contributed by atoms with Crippen LogP contribution in [0.25, 0.3) is 11.1 Å². The average Bonchev–Trinajstić information content (AvgIpc) is 3.62. The molecule has 0 saturated carbocycles. The summed E-state index contributed by atoms with van der Waals surface area (Å²) in [6, 6.07) is 1.45. The summed E-state index contributed by atoms with van der Waals surface area (Å²) in [7, 11) is 0. The van der Waals surface area contributed by atoms with Crippen molar-refractivity contribution in [2.24, 2.45) is 40.7 Å². The summed E-state index contributed by atoms with van der Waals surface area (Å²) in [5, 5.41) is 49.5. The second-order valence-corrected chi connectivity index (χ2v) is 22.3. The predicted octanol–water partition coefficient (Wildman–Crippen LogP) is -3.76. The second-order valence-electron chi connectivity index (χ2n) is 22.3. The van der Waals surface area contributed by atoms with Crippen LogP contribution in [0.3, 0.4) is 0 Å². The molecule has 3 rings (SSSR count). The molecule has 0 bridgehead atoms. The van der Waals surface area contributed by atoms with Crippen LogP contribution in [0.2, 0.25) is 0 Å². The van der Waals surface area contributed by atoms with Crippen LogP contribution in [0, 0.1) is 17.8 Å². The zero-order valence-electron chi connectivity index (χ0n) is 50.4. The lowest BCUT2D eigenvalue weighted by Crippen LogP contribution is -2.62. The van der Waals surface area contributed by atoms with E-state index in [1.807, 2.05) is 30.3 Å². The Morgan fingerprint density at radius 1 is 0.547 bits per heavy atom. The van der Waals surface area contributed by atoms with E-state index in [4.69, 9.17) is 22.9 Å². The Labute approximate surface area is 502 Å². The summed E-state index contributed by atoms with van der Waals surface area (Å²) in [4.78, 5) is 154. The summed E-state index contributed by atoms with van der Waals surface area (Å²) in [5.74, 6) is -10.7. The van der Waals surface area contributed by atoms with Gasteiger partial charge in [-0.25, -0.2) is 0 Å². The molecule has 21 N–H and O–H groups in total. The number of nitrogens with one attached hydrogen (secondary N) is 11. The summed E-state index contributed by atoms with van der Waals surface area (Å²) in [6.45, 7) is 9.84. The van der Waals surface area contributed by atoms with E-state index < -0.39 is 157 Å². The number of rotatable bonds is 25. The Morgan fingerprint density at radius 2 is 1.02 bits per heavy atom. The molecule has 478 valence electrons. The van der Waals surface area contributed by atoms with Crippen molar-refractivity contribution in [1.29, 1.82) is 0 Å². The van der Waals surface area contributed by atoms with E-state index in [2.05, 4.69) is 58.5 Å². The van der Waals surface area contributed by atoms with Gasteiger partial charge in [-0.05, 0) is 119 Å². The number of hydrogen-bond acceptors (Lipinski definition) is 17.